The fraction of sp³-hybridized carbons (Fsp3) is 0.471. The first-order valence-electron chi connectivity index (χ1n) is 7.85. The monoisotopic (exact) mass is 313 g/mol. The molecular formula is C17H23N5O. The fourth-order valence-corrected chi connectivity index (χ4v) is 2.05. The van der Waals surface area contributed by atoms with E-state index in [0.29, 0.717) is 38.2 Å². The van der Waals surface area contributed by atoms with Crippen molar-refractivity contribution < 1.29 is 4.79 Å². The van der Waals surface area contributed by atoms with Crippen LogP contribution in [0.2, 0.25) is 0 Å². The Hall–Kier alpha value is -2.73. The molecule has 0 aromatic heterocycles. The van der Waals surface area contributed by atoms with E-state index in [9.17, 15) is 4.79 Å². The van der Waals surface area contributed by atoms with Gasteiger partial charge in [-0.25, -0.2) is 4.79 Å². The number of urea groups is 1. The number of anilines is 2. The van der Waals surface area contributed by atoms with Crippen molar-refractivity contribution in [2.75, 3.05) is 29.9 Å². The Labute approximate surface area is 137 Å². The van der Waals surface area contributed by atoms with Crippen LogP contribution in [-0.2, 0) is 0 Å². The summed E-state index contributed by atoms with van der Waals surface area (Å²) in [7, 11) is 0. The molecule has 0 aliphatic carbocycles. The van der Waals surface area contributed by atoms with Crippen LogP contribution in [0.3, 0.4) is 0 Å². The summed E-state index contributed by atoms with van der Waals surface area (Å²) in [6.07, 6.45) is 2.81. The molecule has 1 aromatic carbocycles. The number of carbonyl (C=O) groups excluding carboxylic acids is 1. The summed E-state index contributed by atoms with van der Waals surface area (Å²) in [5, 5.41) is 23.0. The highest BCUT2D eigenvalue weighted by atomic mass is 16.2. The Bertz CT molecular complexity index is 538. The molecule has 0 saturated carbocycles. The topological polar surface area (TPSA) is 91.9 Å². The number of rotatable bonds is 9. The van der Waals surface area contributed by atoms with E-state index in [1.54, 1.807) is 0 Å². The molecule has 0 spiro atoms. The second-order valence-electron chi connectivity index (χ2n) is 5.08. The molecule has 0 aliphatic rings. The maximum absolute atomic E-state index is 11.7. The van der Waals surface area contributed by atoms with Crippen molar-refractivity contribution in [3.63, 3.8) is 0 Å². The largest absolute Gasteiger partial charge is 0.369 e. The SMILES string of the molecule is CCCCNC(=O)Nc1ccc(N(CCC#N)CCC#N)cc1. The number of amides is 2. The van der Waals surface area contributed by atoms with Crippen molar-refractivity contribution in [1.29, 1.82) is 10.5 Å². The first kappa shape index (κ1) is 18.3. The Balaban J connectivity index is 2.60. The molecule has 0 radical (unpaired) electrons. The summed E-state index contributed by atoms with van der Waals surface area (Å²) < 4.78 is 0. The van der Waals surface area contributed by atoms with Crippen LogP contribution in [0.1, 0.15) is 32.6 Å². The van der Waals surface area contributed by atoms with Crippen molar-refractivity contribution in [3.05, 3.63) is 24.3 Å². The smallest absolute Gasteiger partial charge is 0.319 e. The van der Waals surface area contributed by atoms with Gasteiger partial charge in [-0.15, -0.1) is 0 Å². The minimum Gasteiger partial charge on any atom is -0.369 e. The molecule has 0 unspecified atom stereocenters. The molecule has 2 N–H and O–H groups in total. The summed E-state index contributed by atoms with van der Waals surface area (Å²) in [6, 6.07) is 11.4. The van der Waals surface area contributed by atoms with E-state index < -0.39 is 0 Å². The van der Waals surface area contributed by atoms with Gasteiger partial charge >= 0.3 is 6.03 Å². The van der Waals surface area contributed by atoms with Crippen LogP contribution in [0.25, 0.3) is 0 Å². The molecule has 6 nitrogen and oxygen atoms in total. The number of carbonyl (C=O) groups is 1. The second-order valence-corrected chi connectivity index (χ2v) is 5.08. The highest BCUT2D eigenvalue weighted by Crippen LogP contribution is 2.18. The number of hydrogen-bond acceptors (Lipinski definition) is 4. The lowest BCUT2D eigenvalue weighted by molar-refractivity contribution is 0.252. The standard InChI is InChI=1S/C17H23N5O/c1-2-3-12-20-17(23)21-15-6-8-16(9-7-15)22(13-4-10-18)14-5-11-19/h6-9H,2-5,12-14H2,1H3,(H2,20,21,23). The van der Waals surface area contributed by atoms with Crippen LogP contribution in [0.5, 0.6) is 0 Å². The van der Waals surface area contributed by atoms with Crippen molar-refractivity contribution in [2.24, 2.45) is 0 Å². The molecule has 0 bridgehead atoms. The van der Waals surface area contributed by atoms with E-state index in [1.165, 1.54) is 0 Å². The van der Waals surface area contributed by atoms with Gasteiger partial charge in [0, 0.05) is 31.0 Å². The van der Waals surface area contributed by atoms with Gasteiger partial charge < -0.3 is 15.5 Å². The summed E-state index contributed by atoms with van der Waals surface area (Å²) >= 11 is 0. The number of nitrogens with zero attached hydrogens (tertiary/aromatic N) is 3. The quantitative estimate of drug-likeness (QED) is 0.684. The van der Waals surface area contributed by atoms with E-state index in [0.717, 1.165) is 18.5 Å². The van der Waals surface area contributed by atoms with Crippen molar-refractivity contribution in [1.82, 2.24) is 5.32 Å². The van der Waals surface area contributed by atoms with Gasteiger partial charge in [0.05, 0.1) is 25.0 Å². The minimum atomic E-state index is -0.211. The van der Waals surface area contributed by atoms with Gasteiger partial charge in [-0.05, 0) is 30.7 Å². The van der Waals surface area contributed by atoms with E-state index in [4.69, 9.17) is 10.5 Å². The van der Waals surface area contributed by atoms with E-state index >= 15 is 0 Å². The van der Waals surface area contributed by atoms with Crippen LogP contribution in [0.4, 0.5) is 16.2 Å². The predicted octanol–water partition coefficient (Wildman–Crippen LogP) is 3.24. The maximum Gasteiger partial charge on any atom is 0.319 e. The lowest BCUT2D eigenvalue weighted by atomic mass is 10.2. The van der Waals surface area contributed by atoms with Gasteiger partial charge in [0.15, 0.2) is 0 Å². The van der Waals surface area contributed by atoms with E-state index in [1.807, 2.05) is 29.2 Å². The molecule has 6 heteroatoms. The Morgan fingerprint density at radius 2 is 1.74 bits per heavy atom. The molecule has 0 heterocycles. The predicted molar refractivity (Wildman–Crippen MR) is 91.0 cm³/mol. The average Bonchev–Trinajstić information content (AvgIpc) is 2.56. The fourth-order valence-electron chi connectivity index (χ4n) is 2.05. The van der Waals surface area contributed by atoms with Crippen molar-refractivity contribution in [2.45, 2.75) is 32.6 Å². The molecular weight excluding hydrogens is 290 g/mol. The third-order valence-electron chi connectivity index (χ3n) is 3.29. The number of benzene rings is 1. The number of unbranched alkanes of at least 4 members (excludes halogenated alkanes) is 1. The van der Waals surface area contributed by atoms with Crippen LogP contribution in [-0.4, -0.2) is 25.7 Å². The highest BCUT2D eigenvalue weighted by molar-refractivity contribution is 5.89. The van der Waals surface area contributed by atoms with Crippen molar-refractivity contribution >= 4 is 17.4 Å². The molecule has 2 amide bonds. The number of nitriles is 2. The molecule has 0 aliphatic heterocycles. The molecule has 0 saturated heterocycles. The van der Waals surface area contributed by atoms with Gasteiger partial charge in [-0.3, -0.25) is 0 Å². The summed E-state index contributed by atoms with van der Waals surface area (Å²) in [6.45, 7) is 3.91. The number of hydrogen-bond donors (Lipinski definition) is 2. The van der Waals surface area contributed by atoms with E-state index in [-0.39, 0.29) is 6.03 Å². The normalized spacial score (nSPS) is 9.52. The van der Waals surface area contributed by atoms with Gasteiger partial charge in [-0.2, -0.15) is 10.5 Å². The molecule has 1 rings (SSSR count). The summed E-state index contributed by atoms with van der Waals surface area (Å²) in [4.78, 5) is 13.7. The third kappa shape index (κ3) is 7.19. The zero-order valence-electron chi connectivity index (χ0n) is 13.5. The molecule has 23 heavy (non-hydrogen) atoms. The van der Waals surface area contributed by atoms with Gasteiger partial charge in [0.1, 0.15) is 0 Å². The second kappa shape index (κ2) is 10.9. The minimum absolute atomic E-state index is 0.211. The Morgan fingerprint density at radius 3 is 2.26 bits per heavy atom. The van der Waals surface area contributed by atoms with Crippen LogP contribution >= 0.6 is 0 Å². The zero-order valence-corrected chi connectivity index (χ0v) is 13.5. The average molecular weight is 313 g/mol. The molecule has 122 valence electrons. The van der Waals surface area contributed by atoms with Crippen molar-refractivity contribution in [3.8, 4) is 12.1 Å². The molecule has 0 atom stereocenters. The van der Waals surface area contributed by atoms with E-state index in [2.05, 4.69) is 29.7 Å². The first-order chi connectivity index (χ1) is 11.2. The van der Waals surface area contributed by atoms with Gasteiger partial charge in [-0.1, -0.05) is 13.3 Å². The molecule has 0 fully saturated rings. The lowest BCUT2D eigenvalue weighted by Crippen LogP contribution is -2.29. The van der Waals surface area contributed by atoms with Gasteiger partial charge in [0.2, 0.25) is 0 Å². The third-order valence-corrected chi connectivity index (χ3v) is 3.29. The van der Waals surface area contributed by atoms with Crippen LogP contribution < -0.4 is 15.5 Å². The highest BCUT2D eigenvalue weighted by Gasteiger charge is 2.07. The maximum atomic E-state index is 11.7. The van der Waals surface area contributed by atoms with Crippen LogP contribution in [0.15, 0.2) is 24.3 Å². The zero-order chi connectivity index (χ0) is 16.9. The number of nitrogens with one attached hydrogen (secondary N) is 2. The Kier molecular flexibility index (Phi) is 8.70. The van der Waals surface area contributed by atoms with Crippen LogP contribution in [0, 0.1) is 22.7 Å². The summed E-state index contributed by atoms with van der Waals surface area (Å²) in [5.74, 6) is 0. The lowest BCUT2D eigenvalue weighted by Gasteiger charge is -2.22. The molecule has 1 aromatic rings. The summed E-state index contributed by atoms with van der Waals surface area (Å²) in [5.41, 5.74) is 1.65. The van der Waals surface area contributed by atoms with Gasteiger partial charge in [0.25, 0.3) is 0 Å². The Morgan fingerprint density at radius 1 is 1.13 bits per heavy atom. The first-order valence-corrected chi connectivity index (χ1v) is 7.85.